The first-order chi connectivity index (χ1) is 14.0. The Morgan fingerprint density at radius 3 is 2.93 bits per heavy atom. The number of fused-ring (bicyclic) bond motifs is 1. The van der Waals surface area contributed by atoms with Crippen LogP contribution in [0.25, 0.3) is 10.2 Å². The van der Waals surface area contributed by atoms with Crippen LogP contribution in [0.2, 0.25) is 0 Å². The summed E-state index contributed by atoms with van der Waals surface area (Å²) in [6.45, 7) is 5.95. The number of carbonyl (C=O) groups excluding carboxylic acids is 1. The quantitative estimate of drug-likeness (QED) is 0.674. The molecule has 1 aliphatic rings. The van der Waals surface area contributed by atoms with Crippen LogP contribution in [-0.4, -0.2) is 36.1 Å². The SMILES string of the molecule is COc1ccc(NC(=O)c2c(C)sc3ncnc(N4CCC[C@H](C)C4)c23)cc1F. The third kappa shape index (κ3) is 3.76. The molecule has 1 N–H and O–H groups in total. The largest absolute Gasteiger partial charge is 0.494 e. The minimum absolute atomic E-state index is 0.134. The smallest absolute Gasteiger partial charge is 0.257 e. The first-order valence-electron chi connectivity index (χ1n) is 9.62. The monoisotopic (exact) mass is 414 g/mol. The number of benzene rings is 1. The lowest BCUT2D eigenvalue weighted by Gasteiger charge is -2.32. The van der Waals surface area contributed by atoms with Gasteiger partial charge in [0.2, 0.25) is 0 Å². The van der Waals surface area contributed by atoms with Gasteiger partial charge in [-0.25, -0.2) is 14.4 Å². The molecule has 1 amide bonds. The fourth-order valence-corrected chi connectivity index (χ4v) is 4.84. The van der Waals surface area contributed by atoms with E-state index in [1.165, 1.54) is 37.0 Å². The highest BCUT2D eigenvalue weighted by atomic mass is 32.1. The van der Waals surface area contributed by atoms with Crippen molar-refractivity contribution in [1.82, 2.24) is 9.97 Å². The molecular weight excluding hydrogens is 391 g/mol. The Kier molecular flexibility index (Phi) is 5.36. The van der Waals surface area contributed by atoms with Crippen LogP contribution in [0, 0.1) is 18.7 Å². The van der Waals surface area contributed by atoms with Gasteiger partial charge in [-0.3, -0.25) is 4.79 Å². The molecule has 2 aromatic heterocycles. The van der Waals surface area contributed by atoms with E-state index >= 15 is 0 Å². The van der Waals surface area contributed by atoms with Gasteiger partial charge in [0.25, 0.3) is 5.91 Å². The highest BCUT2D eigenvalue weighted by molar-refractivity contribution is 7.19. The van der Waals surface area contributed by atoms with E-state index in [9.17, 15) is 9.18 Å². The van der Waals surface area contributed by atoms with Crippen molar-refractivity contribution in [1.29, 1.82) is 0 Å². The molecule has 6 nitrogen and oxygen atoms in total. The molecule has 1 fully saturated rings. The van der Waals surface area contributed by atoms with Gasteiger partial charge < -0.3 is 15.0 Å². The van der Waals surface area contributed by atoms with E-state index < -0.39 is 5.82 Å². The number of nitrogens with zero attached hydrogens (tertiary/aromatic N) is 3. The van der Waals surface area contributed by atoms with Crippen molar-refractivity contribution >= 4 is 39.0 Å². The first-order valence-corrected chi connectivity index (χ1v) is 10.4. The van der Waals surface area contributed by atoms with Gasteiger partial charge in [-0.1, -0.05) is 6.92 Å². The van der Waals surface area contributed by atoms with Gasteiger partial charge in [0.15, 0.2) is 11.6 Å². The highest BCUT2D eigenvalue weighted by Gasteiger charge is 2.26. The summed E-state index contributed by atoms with van der Waals surface area (Å²) in [5, 5.41) is 3.58. The number of hydrogen-bond donors (Lipinski definition) is 1. The number of carbonyl (C=O) groups is 1. The fourth-order valence-electron chi connectivity index (χ4n) is 3.86. The van der Waals surface area contributed by atoms with Crippen molar-refractivity contribution < 1.29 is 13.9 Å². The number of hydrogen-bond acceptors (Lipinski definition) is 6. The van der Waals surface area contributed by atoms with Crippen LogP contribution in [0.5, 0.6) is 5.75 Å². The Balaban J connectivity index is 1.72. The summed E-state index contributed by atoms with van der Waals surface area (Å²) in [4.78, 5) is 26.0. The second kappa shape index (κ2) is 7.94. The van der Waals surface area contributed by atoms with Gasteiger partial charge in [-0.2, -0.15) is 0 Å². The third-order valence-electron chi connectivity index (χ3n) is 5.24. The minimum Gasteiger partial charge on any atom is -0.494 e. The van der Waals surface area contributed by atoms with E-state index in [2.05, 4.69) is 27.1 Å². The maximum absolute atomic E-state index is 14.0. The molecule has 1 atom stereocenters. The zero-order valence-corrected chi connectivity index (χ0v) is 17.5. The number of methoxy groups -OCH3 is 1. The van der Waals surface area contributed by atoms with Gasteiger partial charge in [0.1, 0.15) is 17.0 Å². The van der Waals surface area contributed by atoms with E-state index in [1.54, 1.807) is 12.4 Å². The minimum atomic E-state index is -0.525. The van der Waals surface area contributed by atoms with Gasteiger partial charge >= 0.3 is 0 Å². The third-order valence-corrected chi connectivity index (χ3v) is 6.25. The van der Waals surface area contributed by atoms with Crippen molar-refractivity contribution in [3.8, 4) is 5.75 Å². The van der Waals surface area contributed by atoms with Crippen LogP contribution in [0.4, 0.5) is 15.9 Å². The number of anilines is 2. The maximum atomic E-state index is 14.0. The molecule has 8 heteroatoms. The first kappa shape index (κ1) is 19.6. The van der Waals surface area contributed by atoms with Crippen molar-refractivity contribution in [3.63, 3.8) is 0 Å². The van der Waals surface area contributed by atoms with E-state index in [0.29, 0.717) is 17.2 Å². The summed E-state index contributed by atoms with van der Waals surface area (Å²) in [7, 11) is 1.40. The van der Waals surface area contributed by atoms with Crippen molar-refractivity contribution in [2.24, 2.45) is 5.92 Å². The molecule has 0 saturated carbocycles. The predicted octanol–water partition coefficient (Wildman–Crippen LogP) is 4.64. The summed E-state index contributed by atoms with van der Waals surface area (Å²) in [6, 6.07) is 4.37. The molecule has 1 saturated heterocycles. The number of aryl methyl sites for hydroxylation is 1. The van der Waals surface area contributed by atoms with Crippen LogP contribution in [0.1, 0.15) is 35.0 Å². The van der Waals surface area contributed by atoms with Crippen LogP contribution >= 0.6 is 11.3 Å². The molecule has 152 valence electrons. The summed E-state index contributed by atoms with van der Waals surface area (Å²) in [6.07, 6.45) is 3.86. The van der Waals surface area contributed by atoms with Crippen LogP contribution in [-0.2, 0) is 0 Å². The van der Waals surface area contributed by atoms with Gasteiger partial charge in [0.05, 0.1) is 18.1 Å². The molecule has 3 aromatic rings. The molecule has 1 aliphatic heterocycles. The average Bonchev–Trinajstić information content (AvgIpc) is 3.04. The molecule has 0 unspecified atom stereocenters. The number of amides is 1. The summed E-state index contributed by atoms with van der Waals surface area (Å²) < 4.78 is 19.0. The predicted molar refractivity (Wildman–Crippen MR) is 114 cm³/mol. The Hall–Kier alpha value is -2.74. The van der Waals surface area contributed by atoms with Crippen molar-refractivity contribution in [3.05, 3.63) is 40.8 Å². The Morgan fingerprint density at radius 1 is 1.38 bits per heavy atom. The zero-order valence-electron chi connectivity index (χ0n) is 16.7. The summed E-state index contributed by atoms with van der Waals surface area (Å²) >= 11 is 1.47. The lowest BCUT2D eigenvalue weighted by molar-refractivity contribution is 0.102. The number of halogens is 1. The molecule has 0 radical (unpaired) electrons. The number of thiophene rings is 1. The standard InChI is InChI=1S/C21H23FN4O2S/c1-12-5-4-8-26(10-12)19-18-17(13(2)29-21(18)24-11-23-19)20(27)25-14-6-7-16(28-3)15(22)9-14/h6-7,9,11-12H,4-5,8,10H2,1-3H3,(H,25,27)/t12-/m0/s1. The summed E-state index contributed by atoms with van der Waals surface area (Å²) in [5.41, 5.74) is 0.923. The van der Waals surface area contributed by atoms with Gasteiger partial charge in [-0.05, 0) is 37.8 Å². The normalized spacial score (nSPS) is 16.8. The molecule has 4 rings (SSSR count). The number of ether oxygens (including phenoxy) is 1. The van der Waals surface area contributed by atoms with Gasteiger partial charge in [0, 0.05) is 29.7 Å². The Morgan fingerprint density at radius 2 is 2.21 bits per heavy atom. The topological polar surface area (TPSA) is 67.3 Å². The number of piperidine rings is 1. The molecular formula is C21H23FN4O2S. The van der Waals surface area contributed by atoms with Gasteiger partial charge in [-0.15, -0.1) is 11.3 Å². The van der Waals surface area contributed by atoms with Crippen LogP contribution in [0.15, 0.2) is 24.5 Å². The molecule has 1 aromatic carbocycles. The van der Waals surface area contributed by atoms with Crippen molar-refractivity contribution in [2.45, 2.75) is 26.7 Å². The highest BCUT2D eigenvalue weighted by Crippen LogP contribution is 2.37. The maximum Gasteiger partial charge on any atom is 0.257 e. The van der Waals surface area contributed by atoms with E-state index in [-0.39, 0.29) is 11.7 Å². The van der Waals surface area contributed by atoms with Crippen LogP contribution in [0.3, 0.4) is 0 Å². The fraction of sp³-hybridized carbons (Fsp3) is 0.381. The number of aromatic nitrogens is 2. The lowest BCUT2D eigenvalue weighted by atomic mass is 10.00. The van der Waals surface area contributed by atoms with E-state index in [0.717, 1.165) is 40.4 Å². The van der Waals surface area contributed by atoms with Crippen molar-refractivity contribution in [2.75, 3.05) is 30.4 Å². The number of rotatable bonds is 4. The second-order valence-electron chi connectivity index (χ2n) is 7.41. The molecule has 0 bridgehead atoms. The Labute approximate surface area is 172 Å². The Bertz CT molecular complexity index is 1070. The van der Waals surface area contributed by atoms with Crippen LogP contribution < -0.4 is 15.0 Å². The molecule has 29 heavy (non-hydrogen) atoms. The summed E-state index contributed by atoms with van der Waals surface area (Å²) in [5.74, 6) is 0.697. The lowest BCUT2D eigenvalue weighted by Crippen LogP contribution is -2.35. The molecule has 0 aliphatic carbocycles. The van der Waals surface area contributed by atoms with E-state index in [1.807, 2.05) is 6.92 Å². The second-order valence-corrected chi connectivity index (χ2v) is 8.61. The molecule has 0 spiro atoms. The molecule has 3 heterocycles. The van der Waals surface area contributed by atoms with E-state index in [4.69, 9.17) is 4.74 Å². The average molecular weight is 415 g/mol. The zero-order chi connectivity index (χ0) is 20.5. The number of nitrogens with one attached hydrogen (secondary N) is 1.